The number of nitrogens with one attached hydrogen (secondary N) is 1. The normalized spacial score (nSPS) is 22.6. The number of anilines is 1. The lowest BCUT2D eigenvalue weighted by atomic mass is 9.92. The fourth-order valence-corrected chi connectivity index (χ4v) is 3.54. The third-order valence-corrected chi connectivity index (χ3v) is 5.02. The van der Waals surface area contributed by atoms with Crippen LogP contribution in [0.1, 0.15) is 19.3 Å². The first-order valence-electron chi connectivity index (χ1n) is 8.45. The first-order chi connectivity index (χ1) is 12.0. The molecule has 134 valence electrons. The van der Waals surface area contributed by atoms with Crippen LogP contribution in [0, 0.1) is 27.9 Å². The Morgan fingerprint density at radius 1 is 1.28 bits per heavy atom. The lowest BCUT2D eigenvalue weighted by Crippen LogP contribution is -2.31. The van der Waals surface area contributed by atoms with Crippen LogP contribution in [0.5, 0.6) is 0 Å². The standard InChI is InChI=1S/C17H21N3O5/c21-16(7-8-18-14-3-1-2-4-15(14)20(24)25)19-9-12(11-5-6-11)13(10-19)17(22)23/h1-4,11-13,18H,5-10H2,(H,22,23)/t12-,13+/m1/s1. The molecule has 1 aromatic carbocycles. The molecule has 8 nitrogen and oxygen atoms in total. The Hall–Kier alpha value is -2.64. The van der Waals surface area contributed by atoms with Gasteiger partial charge in [0.15, 0.2) is 0 Å². The molecule has 25 heavy (non-hydrogen) atoms. The Kier molecular flexibility index (Phi) is 4.87. The number of hydrogen-bond acceptors (Lipinski definition) is 5. The van der Waals surface area contributed by atoms with Crippen molar-refractivity contribution in [2.75, 3.05) is 25.0 Å². The van der Waals surface area contributed by atoms with E-state index in [4.69, 9.17) is 0 Å². The Morgan fingerprint density at radius 3 is 2.64 bits per heavy atom. The van der Waals surface area contributed by atoms with E-state index in [9.17, 15) is 24.8 Å². The van der Waals surface area contributed by atoms with Crippen molar-refractivity contribution in [1.29, 1.82) is 0 Å². The van der Waals surface area contributed by atoms with Crippen LogP contribution >= 0.6 is 0 Å². The molecule has 0 bridgehead atoms. The summed E-state index contributed by atoms with van der Waals surface area (Å²) in [5, 5.41) is 23.2. The average Bonchev–Trinajstić information content (AvgIpc) is 3.32. The molecule has 1 heterocycles. The summed E-state index contributed by atoms with van der Waals surface area (Å²) in [7, 11) is 0. The monoisotopic (exact) mass is 347 g/mol. The number of carbonyl (C=O) groups is 2. The molecule has 0 aromatic heterocycles. The number of aliphatic carboxylic acids is 1. The van der Waals surface area contributed by atoms with Gasteiger partial charge in [0.25, 0.3) is 5.69 Å². The van der Waals surface area contributed by atoms with Crippen LogP contribution < -0.4 is 5.32 Å². The van der Waals surface area contributed by atoms with E-state index in [1.165, 1.54) is 6.07 Å². The fourth-order valence-electron chi connectivity index (χ4n) is 3.54. The zero-order chi connectivity index (χ0) is 18.0. The fraction of sp³-hybridized carbons (Fsp3) is 0.529. The van der Waals surface area contributed by atoms with Crippen LogP contribution in [0.2, 0.25) is 0 Å². The van der Waals surface area contributed by atoms with Crippen LogP contribution in [0.15, 0.2) is 24.3 Å². The number of likely N-dealkylation sites (tertiary alicyclic amines) is 1. The van der Waals surface area contributed by atoms with E-state index in [1.54, 1.807) is 23.1 Å². The van der Waals surface area contributed by atoms with E-state index in [-0.39, 0.29) is 37.0 Å². The molecule has 1 amide bonds. The summed E-state index contributed by atoms with van der Waals surface area (Å²) in [4.78, 5) is 35.9. The SMILES string of the molecule is O=C(O)[C@H]1CN(C(=O)CCNc2ccccc2[N+](=O)[O-])C[C@@H]1C1CC1. The third kappa shape index (κ3) is 3.89. The molecule has 0 unspecified atom stereocenters. The number of nitro benzene ring substituents is 1. The largest absolute Gasteiger partial charge is 0.481 e. The highest BCUT2D eigenvalue weighted by molar-refractivity contribution is 5.79. The minimum absolute atomic E-state index is 0.0316. The second kappa shape index (κ2) is 7.08. The number of carbonyl (C=O) groups excluding carboxylic acids is 1. The Bertz CT molecular complexity index is 689. The molecule has 1 saturated carbocycles. The zero-order valence-electron chi connectivity index (χ0n) is 13.8. The molecule has 1 aliphatic heterocycles. The third-order valence-electron chi connectivity index (χ3n) is 5.02. The van der Waals surface area contributed by atoms with Gasteiger partial charge < -0.3 is 15.3 Å². The molecule has 0 radical (unpaired) electrons. The van der Waals surface area contributed by atoms with Crippen molar-refractivity contribution in [3.63, 3.8) is 0 Å². The minimum Gasteiger partial charge on any atom is -0.481 e. The number of carboxylic acid groups (broad SMARTS) is 1. The number of benzene rings is 1. The number of carboxylic acids is 1. The first-order valence-corrected chi connectivity index (χ1v) is 8.45. The highest BCUT2D eigenvalue weighted by atomic mass is 16.6. The minimum atomic E-state index is -0.828. The number of nitro groups is 1. The van der Waals surface area contributed by atoms with E-state index in [2.05, 4.69) is 5.32 Å². The van der Waals surface area contributed by atoms with Gasteiger partial charge in [0, 0.05) is 32.1 Å². The maximum atomic E-state index is 12.4. The smallest absolute Gasteiger partial charge is 0.308 e. The van der Waals surface area contributed by atoms with Crippen LogP contribution in [0.3, 0.4) is 0 Å². The van der Waals surface area contributed by atoms with E-state index in [0.29, 0.717) is 18.2 Å². The molecule has 0 spiro atoms. The maximum Gasteiger partial charge on any atom is 0.308 e. The average molecular weight is 347 g/mol. The highest BCUT2D eigenvalue weighted by Crippen LogP contribution is 2.44. The second-order valence-electron chi connectivity index (χ2n) is 6.70. The van der Waals surface area contributed by atoms with Gasteiger partial charge in [-0.3, -0.25) is 19.7 Å². The van der Waals surface area contributed by atoms with Crippen molar-refractivity contribution >= 4 is 23.3 Å². The van der Waals surface area contributed by atoms with Gasteiger partial charge in [0.2, 0.25) is 5.91 Å². The van der Waals surface area contributed by atoms with Gasteiger partial charge in [0.05, 0.1) is 10.8 Å². The summed E-state index contributed by atoms with van der Waals surface area (Å²) in [6.07, 6.45) is 2.28. The van der Waals surface area contributed by atoms with Crippen LogP contribution in [-0.2, 0) is 9.59 Å². The van der Waals surface area contributed by atoms with Gasteiger partial charge in [-0.15, -0.1) is 0 Å². The molecule has 2 N–H and O–H groups in total. The summed E-state index contributed by atoms with van der Waals surface area (Å²) in [6, 6.07) is 6.28. The van der Waals surface area contributed by atoms with E-state index in [0.717, 1.165) is 12.8 Å². The predicted octanol–water partition coefficient (Wildman–Crippen LogP) is 1.97. The van der Waals surface area contributed by atoms with Crippen molar-refractivity contribution in [2.24, 2.45) is 17.8 Å². The highest BCUT2D eigenvalue weighted by Gasteiger charge is 2.46. The quantitative estimate of drug-likeness (QED) is 0.576. The number of rotatable bonds is 7. The number of nitrogens with zero attached hydrogens (tertiary/aromatic N) is 2. The number of amides is 1. The summed E-state index contributed by atoms with van der Waals surface area (Å²) in [5.41, 5.74) is 0.344. The molecule has 2 atom stereocenters. The zero-order valence-corrected chi connectivity index (χ0v) is 13.8. The molecule has 8 heteroatoms. The second-order valence-corrected chi connectivity index (χ2v) is 6.70. The summed E-state index contributed by atoms with van der Waals surface area (Å²) >= 11 is 0. The molecular weight excluding hydrogens is 326 g/mol. The van der Waals surface area contributed by atoms with Crippen LogP contribution in [-0.4, -0.2) is 46.4 Å². The molecular formula is C17H21N3O5. The van der Waals surface area contributed by atoms with Crippen LogP contribution in [0.25, 0.3) is 0 Å². The molecule has 2 aliphatic rings. The molecule has 2 fully saturated rings. The topological polar surface area (TPSA) is 113 Å². The summed E-state index contributed by atoms with van der Waals surface area (Å²) in [6.45, 7) is 1.04. The van der Waals surface area contributed by atoms with Gasteiger partial charge in [-0.25, -0.2) is 0 Å². The van der Waals surface area contributed by atoms with Gasteiger partial charge in [-0.2, -0.15) is 0 Å². The van der Waals surface area contributed by atoms with Gasteiger partial charge in [-0.05, 0) is 30.7 Å². The molecule has 3 rings (SSSR count). The Labute approximate surface area is 145 Å². The van der Waals surface area contributed by atoms with Crippen molar-refractivity contribution in [2.45, 2.75) is 19.3 Å². The van der Waals surface area contributed by atoms with Crippen molar-refractivity contribution in [1.82, 2.24) is 4.90 Å². The lowest BCUT2D eigenvalue weighted by Gasteiger charge is -2.16. The number of para-hydroxylation sites is 2. The first kappa shape index (κ1) is 17.2. The van der Waals surface area contributed by atoms with E-state index in [1.807, 2.05) is 0 Å². The van der Waals surface area contributed by atoms with Crippen LogP contribution in [0.4, 0.5) is 11.4 Å². The predicted molar refractivity (Wildman–Crippen MR) is 90.1 cm³/mol. The molecule has 1 aromatic rings. The van der Waals surface area contributed by atoms with E-state index >= 15 is 0 Å². The van der Waals surface area contributed by atoms with Crippen molar-refractivity contribution < 1.29 is 19.6 Å². The van der Waals surface area contributed by atoms with Crippen molar-refractivity contribution in [3.8, 4) is 0 Å². The molecule has 1 aliphatic carbocycles. The summed E-state index contributed by atoms with van der Waals surface area (Å²) in [5.74, 6) is -0.918. The Morgan fingerprint density at radius 2 is 2.00 bits per heavy atom. The Balaban J connectivity index is 1.53. The lowest BCUT2D eigenvalue weighted by molar-refractivity contribution is -0.384. The molecule has 1 saturated heterocycles. The number of hydrogen-bond donors (Lipinski definition) is 2. The van der Waals surface area contributed by atoms with E-state index < -0.39 is 16.8 Å². The van der Waals surface area contributed by atoms with Gasteiger partial charge >= 0.3 is 5.97 Å². The summed E-state index contributed by atoms with van der Waals surface area (Å²) < 4.78 is 0. The van der Waals surface area contributed by atoms with Gasteiger partial charge in [-0.1, -0.05) is 12.1 Å². The maximum absolute atomic E-state index is 12.4. The van der Waals surface area contributed by atoms with Crippen molar-refractivity contribution in [3.05, 3.63) is 34.4 Å². The van der Waals surface area contributed by atoms with Gasteiger partial charge in [0.1, 0.15) is 5.69 Å².